The summed E-state index contributed by atoms with van der Waals surface area (Å²) in [4.78, 5) is 16.5. The Morgan fingerprint density at radius 3 is 2.43 bits per heavy atom. The van der Waals surface area contributed by atoms with Crippen LogP contribution in [0.4, 0.5) is 28.8 Å². The number of nitrogens with zero attached hydrogens (tertiary/aromatic N) is 5. The van der Waals surface area contributed by atoms with Crippen LogP contribution in [0.2, 0.25) is 5.02 Å². The Morgan fingerprint density at radius 2 is 1.73 bits per heavy atom. The highest BCUT2D eigenvalue weighted by Crippen LogP contribution is 2.34. The minimum absolute atomic E-state index is 0.0969. The van der Waals surface area contributed by atoms with Crippen molar-refractivity contribution < 1.29 is 13.2 Å². The summed E-state index contributed by atoms with van der Waals surface area (Å²) in [7, 11) is -1.56. The van der Waals surface area contributed by atoms with E-state index in [1.807, 2.05) is 13.0 Å². The van der Waals surface area contributed by atoms with Crippen molar-refractivity contribution in [1.82, 2.24) is 24.5 Å². The molecule has 0 saturated carbocycles. The monoisotopic (exact) mass is 642 g/mol. The molecule has 5 rings (SSSR count). The summed E-state index contributed by atoms with van der Waals surface area (Å²) in [6, 6.07) is 13.2. The molecule has 44 heavy (non-hydrogen) atoms. The lowest BCUT2D eigenvalue weighted by Gasteiger charge is -2.42. The zero-order chi connectivity index (χ0) is 31.3. The fraction of sp³-hybridized carbons (Fsp3) is 0.484. The normalized spacial score (nSPS) is 17.2. The van der Waals surface area contributed by atoms with Gasteiger partial charge in [-0.3, -0.25) is 4.90 Å². The van der Waals surface area contributed by atoms with E-state index in [4.69, 9.17) is 16.3 Å². The van der Waals surface area contributed by atoms with E-state index in [1.165, 1.54) is 12.3 Å². The molecule has 2 saturated heterocycles. The number of para-hydroxylation sites is 1. The number of halogens is 1. The van der Waals surface area contributed by atoms with E-state index in [2.05, 4.69) is 59.2 Å². The number of hydrogen-bond donors (Lipinski definition) is 3. The van der Waals surface area contributed by atoms with Gasteiger partial charge in [-0.05, 0) is 64.9 Å². The highest BCUT2D eigenvalue weighted by molar-refractivity contribution is 7.89. The topological polar surface area (TPSA) is 115 Å². The maximum Gasteiger partial charge on any atom is 0.242 e. The molecule has 0 aliphatic carbocycles. The molecule has 1 aromatic heterocycles. The van der Waals surface area contributed by atoms with Crippen LogP contribution in [0, 0.1) is 0 Å². The molecule has 2 aliphatic heterocycles. The average Bonchev–Trinajstić information content (AvgIpc) is 3.00. The molecule has 3 aromatic rings. The van der Waals surface area contributed by atoms with E-state index in [9.17, 15) is 8.42 Å². The summed E-state index contributed by atoms with van der Waals surface area (Å²) in [5.41, 5.74) is 2.20. The minimum Gasteiger partial charge on any atom is -0.492 e. The summed E-state index contributed by atoms with van der Waals surface area (Å²) in [6.45, 7) is 12.6. The largest absolute Gasteiger partial charge is 0.492 e. The van der Waals surface area contributed by atoms with Gasteiger partial charge in [0.2, 0.25) is 16.0 Å². The first-order valence-electron chi connectivity index (χ1n) is 15.2. The molecule has 13 heteroatoms. The number of hydrogen-bond acceptors (Lipinski definition) is 10. The standard InChI is InChI=1S/C31H43ClN8O3S/c1-5-43-28-20-24(39-14-12-23(13-15-39)40-18-16-38(4)17-19-40)10-11-26(28)35-31-33-21-25(32)30(36-31)34-27-8-6-7-9-29(27)44(41,42)37-22(2)3/h6-11,20-23,37H,5,12-19H2,1-4H3,(H2,33,34,35,36). The second-order valence-electron chi connectivity index (χ2n) is 11.6. The number of likely N-dealkylation sites (N-methyl/N-ethyl adjacent to an activating group) is 1. The molecule has 0 bridgehead atoms. The Morgan fingerprint density at radius 1 is 1.00 bits per heavy atom. The zero-order valence-electron chi connectivity index (χ0n) is 25.9. The summed E-state index contributed by atoms with van der Waals surface area (Å²) >= 11 is 6.44. The van der Waals surface area contributed by atoms with Crippen LogP contribution in [-0.2, 0) is 10.0 Å². The van der Waals surface area contributed by atoms with Crippen LogP contribution in [0.5, 0.6) is 5.75 Å². The van der Waals surface area contributed by atoms with E-state index in [0.717, 1.165) is 63.5 Å². The molecule has 0 spiro atoms. The number of nitrogens with one attached hydrogen (secondary N) is 3. The summed E-state index contributed by atoms with van der Waals surface area (Å²) in [5.74, 6) is 1.27. The number of anilines is 5. The van der Waals surface area contributed by atoms with Crippen LogP contribution in [0.3, 0.4) is 0 Å². The van der Waals surface area contributed by atoms with Crippen LogP contribution in [0.1, 0.15) is 33.6 Å². The SMILES string of the molecule is CCOc1cc(N2CCC(N3CCN(C)CC3)CC2)ccc1Nc1ncc(Cl)c(Nc2ccccc2S(=O)(=O)NC(C)C)n1. The van der Waals surface area contributed by atoms with Gasteiger partial charge in [-0.1, -0.05) is 23.7 Å². The molecule has 2 fully saturated rings. The molecule has 3 heterocycles. The Bertz CT molecular complexity index is 1520. The maximum absolute atomic E-state index is 12.9. The van der Waals surface area contributed by atoms with Crippen molar-refractivity contribution in [1.29, 1.82) is 0 Å². The Labute approximate surface area is 266 Å². The highest BCUT2D eigenvalue weighted by atomic mass is 35.5. The fourth-order valence-electron chi connectivity index (χ4n) is 5.70. The number of rotatable bonds is 11. The first-order chi connectivity index (χ1) is 21.1. The zero-order valence-corrected chi connectivity index (χ0v) is 27.5. The van der Waals surface area contributed by atoms with Crippen molar-refractivity contribution in [3.05, 3.63) is 53.7 Å². The number of aromatic nitrogens is 2. The first-order valence-corrected chi connectivity index (χ1v) is 17.1. The second-order valence-corrected chi connectivity index (χ2v) is 13.7. The van der Waals surface area contributed by atoms with Gasteiger partial charge in [-0.2, -0.15) is 4.98 Å². The van der Waals surface area contributed by atoms with Crippen molar-refractivity contribution in [2.45, 2.75) is 50.6 Å². The average molecular weight is 643 g/mol. The third kappa shape index (κ3) is 7.91. The van der Waals surface area contributed by atoms with Crippen molar-refractivity contribution in [2.24, 2.45) is 0 Å². The van der Waals surface area contributed by atoms with Crippen LogP contribution >= 0.6 is 11.6 Å². The third-order valence-corrected chi connectivity index (χ3v) is 9.95. The molecular weight excluding hydrogens is 600 g/mol. The van der Waals surface area contributed by atoms with Crippen molar-refractivity contribution in [3.8, 4) is 5.75 Å². The van der Waals surface area contributed by atoms with Crippen LogP contribution < -0.4 is 25.0 Å². The van der Waals surface area contributed by atoms with Gasteiger partial charge >= 0.3 is 0 Å². The molecule has 0 unspecified atom stereocenters. The fourth-order valence-corrected chi connectivity index (χ4v) is 7.26. The lowest BCUT2D eigenvalue weighted by molar-refractivity contribution is 0.0982. The van der Waals surface area contributed by atoms with Gasteiger partial charge in [0.15, 0.2) is 5.82 Å². The van der Waals surface area contributed by atoms with Gasteiger partial charge in [-0.15, -0.1) is 0 Å². The van der Waals surface area contributed by atoms with Crippen molar-refractivity contribution >= 4 is 50.5 Å². The molecule has 0 amide bonds. The summed E-state index contributed by atoms with van der Waals surface area (Å²) < 4.78 is 34.5. The number of piperazine rings is 1. The van der Waals surface area contributed by atoms with Crippen LogP contribution in [0.25, 0.3) is 0 Å². The van der Waals surface area contributed by atoms with Gasteiger partial charge in [0, 0.05) is 63.1 Å². The van der Waals surface area contributed by atoms with Crippen molar-refractivity contribution in [2.75, 3.05) is 68.5 Å². The Hall–Kier alpha value is -3.16. The quantitative estimate of drug-likeness (QED) is 0.266. The smallest absolute Gasteiger partial charge is 0.242 e. The van der Waals surface area contributed by atoms with Crippen molar-refractivity contribution in [3.63, 3.8) is 0 Å². The summed E-state index contributed by atoms with van der Waals surface area (Å²) in [6.07, 6.45) is 3.78. The maximum atomic E-state index is 12.9. The van der Waals surface area contributed by atoms with E-state index >= 15 is 0 Å². The van der Waals surface area contributed by atoms with Gasteiger partial charge in [0.25, 0.3) is 0 Å². The van der Waals surface area contributed by atoms with Gasteiger partial charge < -0.3 is 25.2 Å². The number of ether oxygens (including phenoxy) is 1. The predicted octanol–water partition coefficient (Wildman–Crippen LogP) is 4.92. The molecule has 3 N–H and O–H groups in total. The molecule has 0 radical (unpaired) electrons. The van der Waals surface area contributed by atoms with Crippen LogP contribution in [0.15, 0.2) is 53.6 Å². The van der Waals surface area contributed by atoms with E-state index in [0.29, 0.717) is 30.0 Å². The lowest BCUT2D eigenvalue weighted by atomic mass is 10.0. The van der Waals surface area contributed by atoms with E-state index in [-0.39, 0.29) is 21.8 Å². The number of piperidine rings is 1. The molecule has 0 atom stereocenters. The van der Waals surface area contributed by atoms with E-state index in [1.54, 1.807) is 32.0 Å². The van der Waals surface area contributed by atoms with Gasteiger partial charge in [0.05, 0.1) is 24.2 Å². The second kappa shape index (κ2) is 14.3. The Balaban J connectivity index is 1.30. The third-order valence-electron chi connectivity index (χ3n) is 7.96. The number of benzene rings is 2. The molecule has 2 aromatic carbocycles. The Kier molecular flexibility index (Phi) is 10.5. The molecule has 11 nitrogen and oxygen atoms in total. The van der Waals surface area contributed by atoms with Crippen LogP contribution in [-0.4, -0.2) is 93.2 Å². The highest BCUT2D eigenvalue weighted by Gasteiger charge is 2.27. The minimum atomic E-state index is -3.76. The van der Waals surface area contributed by atoms with Gasteiger partial charge in [0.1, 0.15) is 15.7 Å². The molecule has 238 valence electrons. The first kappa shape index (κ1) is 32.2. The number of sulfonamides is 1. The summed E-state index contributed by atoms with van der Waals surface area (Å²) in [5, 5.41) is 6.59. The molecular formula is C31H43ClN8O3S. The predicted molar refractivity (Wildman–Crippen MR) is 177 cm³/mol. The van der Waals surface area contributed by atoms with E-state index < -0.39 is 10.0 Å². The van der Waals surface area contributed by atoms with Gasteiger partial charge in [-0.25, -0.2) is 18.1 Å². The molecule has 2 aliphatic rings. The lowest BCUT2D eigenvalue weighted by Crippen LogP contribution is -2.52.